The number of fused-ring (bicyclic) bond motifs is 18. The highest BCUT2D eigenvalue weighted by Crippen LogP contribution is 2.49. The number of benzene rings is 8. The lowest BCUT2D eigenvalue weighted by Crippen LogP contribution is -1.93. The topological polar surface area (TPSA) is 26.6 Å². The Labute approximate surface area is 313 Å². The molecule has 0 fully saturated rings. The third kappa shape index (κ3) is 3.29. The van der Waals surface area contributed by atoms with E-state index < -0.39 is 0 Å². The first-order valence-corrected chi connectivity index (χ1v) is 19.0. The van der Waals surface area contributed by atoms with Crippen molar-refractivity contribution in [1.82, 2.24) is 18.4 Å². The fourth-order valence-corrected chi connectivity index (χ4v) is 10.4. The molecule has 55 heavy (non-hydrogen) atoms. The van der Waals surface area contributed by atoms with Gasteiger partial charge in [-0.05, 0) is 58.8 Å². The Morgan fingerprint density at radius 2 is 1.04 bits per heavy atom. The molecule has 0 saturated carbocycles. The molecule has 0 radical (unpaired) electrons. The highest BCUT2D eigenvalue weighted by Gasteiger charge is 2.27. The first-order valence-electron chi connectivity index (χ1n) is 19.0. The molecule has 4 heteroatoms. The molecule has 0 bridgehead atoms. The summed E-state index contributed by atoms with van der Waals surface area (Å²) in [7, 11) is 0. The van der Waals surface area contributed by atoms with Gasteiger partial charge in [0, 0.05) is 65.1 Å². The van der Waals surface area contributed by atoms with Crippen molar-refractivity contribution in [2.24, 2.45) is 0 Å². The van der Waals surface area contributed by atoms with Gasteiger partial charge >= 0.3 is 0 Å². The zero-order valence-corrected chi connectivity index (χ0v) is 29.5. The van der Waals surface area contributed by atoms with E-state index in [-0.39, 0.29) is 0 Å². The number of pyridine rings is 1. The van der Waals surface area contributed by atoms with Crippen LogP contribution in [-0.2, 0) is 0 Å². The first-order chi connectivity index (χ1) is 27.3. The minimum absolute atomic E-state index is 1.00. The predicted molar refractivity (Wildman–Crippen MR) is 231 cm³/mol. The molecule has 14 aromatic rings. The van der Waals surface area contributed by atoms with Crippen LogP contribution in [0.3, 0.4) is 0 Å². The zero-order valence-electron chi connectivity index (χ0n) is 29.5. The lowest BCUT2D eigenvalue weighted by atomic mass is 9.96. The van der Waals surface area contributed by atoms with Gasteiger partial charge in [-0.15, -0.1) is 0 Å². The molecule has 0 amide bonds. The quantitative estimate of drug-likeness (QED) is 0.177. The number of aromatic nitrogens is 4. The summed E-state index contributed by atoms with van der Waals surface area (Å²) in [6, 6.07) is 60.2. The van der Waals surface area contributed by atoms with Gasteiger partial charge in [-0.3, -0.25) is 4.40 Å². The summed E-state index contributed by atoms with van der Waals surface area (Å²) in [4.78, 5) is 5.44. The highest BCUT2D eigenvalue weighted by molar-refractivity contribution is 6.38. The number of hydrogen-bond acceptors (Lipinski definition) is 1. The second-order valence-electron chi connectivity index (χ2n) is 15.1. The van der Waals surface area contributed by atoms with Crippen molar-refractivity contribution in [2.45, 2.75) is 0 Å². The van der Waals surface area contributed by atoms with Crippen LogP contribution in [-0.4, -0.2) is 18.4 Å². The van der Waals surface area contributed by atoms with Crippen LogP contribution in [0.4, 0.5) is 0 Å². The van der Waals surface area contributed by atoms with Crippen molar-refractivity contribution < 1.29 is 0 Å². The summed E-state index contributed by atoms with van der Waals surface area (Å²) in [6.45, 7) is 0. The molecule has 4 nitrogen and oxygen atoms in total. The minimum atomic E-state index is 1.00. The maximum absolute atomic E-state index is 5.44. The third-order valence-electron chi connectivity index (χ3n) is 12.5. The Morgan fingerprint density at radius 1 is 0.364 bits per heavy atom. The van der Waals surface area contributed by atoms with Crippen LogP contribution >= 0.6 is 0 Å². The third-order valence-corrected chi connectivity index (χ3v) is 12.5. The van der Waals surface area contributed by atoms with Gasteiger partial charge in [0.05, 0.1) is 44.8 Å². The molecule has 252 valence electrons. The van der Waals surface area contributed by atoms with Gasteiger partial charge < -0.3 is 8.97 Å². The van der Waals surface area contributed by atoms with Crippen molar-refractivity contribution >= 4 is 109 Å². The van der Waals surface area contributed by atoms with Crippen molar-refractivity contribution in [1.29, 1.82) is 0 Å². The standard InChI is InChI=1S/C51H28N4/c1-2-13-31(14-3-1)53-41-22-8-7-17-35(41)39-26-30(24-25-43(39)53)33-18-10-20-37-45-32-15-5-4-12-29(32)27-40-47-46-38-21-11-19-36-34-16-6-9-23-42(34)54(49(36)38)44(46)28-52-51(47)55(48(33)37)50(40)45/h1-28H. The van der Waals surface area contributed by atoms with E-state index in [2.05, 4.69) is 183 Å². The van der Waals surface area contributed by atoms with Gasteiger partial charge in [-0.2, -0.15) is 0 Å². The lowest BCUT2D eigenvalue weighted by Gasteiger charge is -2.09. The van der Waals surface area contributed by atoms with Crippen LogP contribution in [0.5, 0.6) is 0 Å². The molecule has 0 aliphatic heterocycles. The van der Waals surface area contributed by atoms with E-state index in [0.717, 1.165) is 11.2 Å². The zero-order chi connectivity index (χ0) is 35.5. The van der Waals surface area contributed by atoms with E-state index in [0.29, 0.717) is 0 Å². The maximum Gasteiger partial charge on any atom is 0.146 e. The summed E-state index contributed by atoms with van der Waals surface area (Å²) in [5.74, 6) is 0. The maximum atomic E-state index is 5.44. The fraction of sp³-hybridized carbons (Fsp3) is 0. The molecule has 6 aromatic heterocycles. The molecule has 8 aromatic carbocycles. The molecule has 0 spiro atoms. The molecular formula is C51H28N4. The van der Waals surface area contributed by atoms with Crippen LogP contribution in [0.25, 0.3) is 126 Å². The Bertz CT molecular complexity index is 3940. The van der Waals surface area contributed by atoms with E-state index in [1.165, 1.54) is 115 Å². The molecule has 0 saturated heterocycles. The van der Waals surface area contributed by atoms with Gasteiger partial charge in [0.2, 0.25) is 0 Å². The van der Waals surface area contributed by atoms with Gasteiger partial charge in [-0.1, -0.05) is 121 Å². The van der Waals surface area contributed by atoms with Crippen LogP contribution in [0.2, 0.25) is 0 Å². The summed E-state index contributed by atoms with van der Waals surface area (Å²) in [5.41, 5.74) is 13.1. The van der Waals surface area contributed by atoms with Crippen LogP contribution in [0.1, 0.15) is 0 Å². The Hall–Kier alpha value is -7.43. The molecule has 0 unspecified atom stereocenters. The van der Waals surface area contributed by atoms with Crippen molar-refractivity contribution in [3.8, 4) is 16.8 Å². The van der Waals surface area contributed by atoms with Gasteiger partial charge in [0.15, 0.2) is 0 Å². The van der Waals surface area contributed by atoms with E-state index >= 15 is 0 Å². The fourth-order valence-electron chi connectivity index (χ4n) is 10.4. The van der Waals surface area contributed by atoms with Crippen molar-refractivity contribution in [3.05, 3.63) is 170 Å². The second-order valence-corrected chi connectivity index (χ2v) is 15.1. The number of rotatable bonds is 2. The lowest BCUT2D eigenvalue weighted by molar-refractivity contribution is 1.18. The summed E-state index contributed by atoms with van der Waals surface area (Å²) in [5, 5.41) is 15.2. The summed E-state index contributed by atoms with van der Waals surface area (Å²) >= 11 is 0. The van der Waals surface area contributed by atoms with Crippen LogP contribution in [0.15, 0.2) is 170 Å². The normalized spacial score (nSPS) is 12.7. The van der Waals surface area contributed by atoms with Gasteiger partial charge in [-0.25, -0.2) is 4.98 Å². The summed E-state index contributed by atoms with van der Waals surface area (Å²) < 4.78 is 7.32. The second kappa shape index (κ2) is 9.75. The van der Waals surface area contributed by atoms with E-state index in [9.17, 15) is 0 Å². The monoisotopic (exact) mass is 696 g/mol. The van der Waals surface area contributed by atoms with Crippen molar-refractivity contribution in [2.75, 3.05) is 0 Å². The minimum Gasteiger partial charge on any atom is -0.309 e. The van der Waals surface area contributed by atoms with Crippen molar-refractivity contribution in [3.63, 3.8) is 0 Å². The first kappa shape index (κ1) is 28.1. The molecule has 0 N–H and O–H groups in total. The molecule has 0 aliphatic rings. The molecule has 6 heterocycles. The largest absolute Gasteiger partial charge is 0.309 e. The SMILES string of the molecule is c1ccc(-n2c3ccccc3c3cc(-c4cccc5c6c7ccccc7cc7c8c9c%10cccc%11c%12ccccc%12n(c9cnc8n(c45)c76)c%11%10)ccc32)cc1. The predicted octanol–water partition coefficient (Wildman–Crippen LogP) is 13.3. The number of nitrogens with zero attached hydrogens (tertiary/aromatic N) is 4. The van der Waals surface area contributed by atoms with E-state index in [4.69, 9.17) is 4.98 Å². The summed E-state index contributed by atoms with van der Waals surface area (Å²) in [6.07, 6.45) is 2.12. The molecule has 0 aliphatic carbocycles. The Kier molecular flexibility index (Phi) is 4.99. The number of hydrogen-bond donors (Lipinski definition) is 0. The average molecular weight is 697 g/mol. The average Bonchev–Trinajstić information content (AvgIpc) is 4.03. The number of para-hydroxylation sites is 5. The van der Waals surface area contributed by atoms with Gasteiger partial charge in [0.1, 0.15) is 5.65 Å². The smallest absolute Gasteiger partial charge is 0.146 e. The van der Waals surface area contributed by atoms with Gasteiger partial charge in [0.25, 0.3) is 0 Å². The Morgan fingerprint density at radius 3 is 1.91 bits per heavy atom. The van der Waals surface area contributed by atoms with E-state index in [1.54, 1.807) is 0 Å². The van der Waals surface area contributed by atoms with Crippen LogP contribution < -0.4 is 0 Å². The van der Waals surface area contributed by atoms with E-state index in [1.807, 2.05) is 0 Å². The molecule has 0 atom stereocenters. The molecular weight excluding hydrogens is 669 g/mol. The molecule has 14 rings (SSSR count). The Balaban J connectivity index is 1.16. The highest BCUT2D eigenvalue weighted by atomic mass is 15.0. The van der Waals surface area contributed by atoms with Crippen LogP contribution in [0, 0.1) is 0 Å².